The van der Waals surface area contributed by atoms with Crippen molar-refractivity contribution < 1.29 is 28.8 Å². The number of benzene rings is 1. The van der Waals surface area contributed by atoms with Crippen LogP contribution < -0.4 is 21.3 Å². The smallest absolute Gasteiger partial charge is 0.290 e. The van der Waals surface area contributed by atoms with Gasteiger partial charge in [-0.3, -0.25) is 33.8 Å². The topological polar surface area (TPSA) is 210 Å². The number of carbonyl (C=O) groups excluding carboxylic acids is 6. The molecular weight excluding hydrogens is 789 g/mol. The van der Waals surface area contributed by atoms with Crippen LogP contribution in [-0.4, -0.2) is 96.1 Å². The molecule has 3 heterocycles. The van der Waals surface area contributed by atoms with Crippen molar-refractivity contribution in [2.45, 2.75) is 149 Å². The Morgan fingerprint density at radius 1 is 0.839 bits per heavy atom. The summed E-state index contributed by atoms with van der Waals surface area (Å²) in [7, 11) is 0. The van der Waals surface area contributed by atoms with Gasteiger partial charge < -0.3 is 26.2 Å². The predicted molar refractivity (Wildman–Crippen MR) is 233 cm³/mol. The van der Waals surface area contributed by atoms with Gasteiger partial charge in [0.2, 0.25) is 29.4 Å². The molecule has 4 N–H and O–H groups in total. The van der Waals surface area contributed by atoms with Gasteiger partial charge in [0, 0.05) is 31.8 Å². The fourth-order valence-electron chi connectivity index (χ4n) is 8.67. The molecule has 336 valence electrons. The minimum atomic E-state index is -1.07. The van der Waals surface area contributed by atoms with E-state index in [0.29, 0.717) is 38.1 Å². The normalized spacial score (nSPS) is 19.3. The number of aryl methyl sites for hydroxylation is 1. The number of hydrogen-bond donors (Lipinski definition) is 4. The molecule has 1 aliphatic carbocycles. The van der Waals surface area contributed by atoms with E-state index in [9.17, 15) is 28.8 Å². The van der Waals surface area contributed by atoms with Crippen LogP contribution in [0.1, 0.15) is 130 Å². The summed E-state index contributed by atoms with van der Waals surface area (Å²) in [6, 6.07) is 9.18. The molecule has 2 aliphatic rings. The van der Waals surface area contributed by atoms with E-state index in [0.717, 1.165) is 30.4 Å². The minimum Gasteiger partial charge on any atom is -0.344 e. The monoisotopic (exact) mass is 855 g/mol. The van der Waals surface area contributed by atoms with Crippen LogP contribution in [0.2, 0.25) is 0 Å². The first-order chi connectivity index (χ1) is 29.5. The second-order valence-corrected chi connectivity index (χ2v) is 18.1. The number of aromatic nitrogens is 5. The van der Waals surface area contributed by atoms with Crippen molar-refractivity contribution in [1.29, 1.82) is 0 Å². The number of tetrazole rings is 1. The number of rotatable bonds is 21. The molecule has 0 radical (unpaired) electrons. The number of likely N-dealkylation sites (tertiary alicyclic amines) is 1. The van der Waals surface area contributed by atoms with Crippen LogP contribution in [0.25, 0.3) is 0 Å². The van der Waals surface area contributed by atoms with Crippen LogP contribution in [0.3, 0.4) is 0 Å². The average Bonchev–Trinajstić information content (AvgIpc) is 4.01. The number of nitrogens with one attached hydrogen (secondary N) is 4. The second-order valence-electron chi connectivity index (χ2n) is 18.1. The molecule has 16 heteroatoms. The Hall–Kier alpha value is -5.54. The molecule has 0 spiro atoms. The fourth-order valence-corrected chi connectivity index (χ4v) is 8.67. The van der Waals surface area contributed by atoms with Gasteiger partial charge >= 0.3 is 0 Å². The van der Waals surface area contributed by atoms with E-state index in [4.69, 9.17) is 0 Å². The summed E-state index contributed by atoms with van der Waals surface area (Å²) in [6.07, 6.45) is 8.42. The van der Waals surface area contributed by atoms with E-state index >= 15 is 0 Å². The molecule has 1 unspecified atom stereocenters. The fraction of sp³-hybridized carbons (Fsp3) is 0.609. The van der Waals surface area contributed by atoms with Crippen molar-refractivity contribution in [1.82, 2.24) is 51.4 Å². The molecule has 1 aromatic carbocycles. The Kier molecular flexibility index (Phi) is 16.5. The standard InChI is InChI=1S/C46H66N10O6/c1-9-16-35(41(58)44(61)48-30(6)31-23-25-47-26-24-31)49-43(60)40-34-20-15-17-32(34)27-55(40)45(62)39(29(4)5)51-42(59)38(28(2)3)50-37(57)22-14-13-21-36-52-54-56(53-36)46(7,8)33-18-11-10-12-19-33/h10-12,18-19,23-26,28-30,32,34-35,38-40H,9,13-17,20-22,27H2,1-8H3,(H,48,61)(H,49,60)(H,50,57)(H,51,59)/t30-,32-,34-,35?,38-,39-,40-/m0/s1. The van der Waals surface area contributed by atoms with E-state index in [1.54, 1.807) is 41.1 Å². The maximum absolute atomic E-state index is 14.5. The number of amides is 5. The van der Waals surface area contributed by atoms with Crippen molar-refractivity contribution in [3.63, 3.8) is 0 Å². The van der Waals surface area contributed by atoms with Crippen LogP contribution in [0, 0.1) is 23.7 Å². The van der Waals surface area contributed by atoms with Crippen molar-refractivity contribution >= 4 is 35.3 Å². The van der Waals surface area contributed by atoms with Gasteiger partial charge in [-0.05, 0) is 105 Å². The van der Waals surface area contributed by atoms with Gasteiger partial charge in [0.05, 0.1) is 12.1 Å². The Bertz CT molecular complexity index is 2000. The van der Waals surface area contributed by atoms with Crippen molar-refractivity contribution in [2.75, 3.05) is 6.54 Å². The molecule has 7 atom stereocenters. The number of ketones is 1. The number of fused-ring (bicyclic) bond motifs is 1. The molecule has 5 amide bonds. The summed E-state index contributed by atoms with van der Waals surface area (Å²) in [5.41, 5.74) is 1.36. The van der Waals surface area contributed by atoms with Gasteiger partial charge in [0.25, 0.3) is 5.91 Å². The lowest BCUT2D eigenvalue weighted by Crippen LogP contribution is -2.60. The van der Waals surface area contributed by atoms with E-state index in [1.165, 1.54) is 0 Å². The zero-order valence-electron chi connectivity index (χ0n) is 37.6. The molecule has 2 aromatic heterocycles. The van der Waals surface area contributed by atoms with Crippen LogP contribution >= 0.6 is 0 Å². The van der Waals surface area contributed by atoms with Crippen LogP contribution in [0.5, 0.6) is 0 Å². The third-order valence-corrected chi connectivity index (χ3v) is 12.4. The quantitative estimate of drug-likeness (QED) is 0.0887. The van der Waals surface area contributed by atoms with Gasteiger partial charge in [-0.25, -0.2) is 0 Å². The third kappa shape index (κ3) is 11.7. The molecule has 5 rings (SSSR count). The number of nitrogens with zero attached hydrogens (tertiary/aromatic N) is 6. The molecule has 1 aliphatic heterocycles. The van der Waals surface area contributed by atoms with E-state index in [1.807, 2.05) is 78.8 Å². The molecule has 0 bridgehead atoms. The van der Waals surface area contributed by atoms with Gasteiger partial charge in [-0.2, -0.15) is 4.80 Å². The largest absolute Gasteiger partial charge is 0.344 e. The van der Waals surface area contributed by atoms with Crippen molar-refractivity contribution in [3.05, 3.63) is 71.8 Å². The van der Waals surface area contributed by atoms with Crippen LogP contribution in [0.15, 0.2) is 54.9 Å². The van der Waals surface area contributed by atoms with Gasteiger partial charge in [0.1, 0.15) is 23.7 Å². The summed E-state index contributed by atoms with van der Waals surface area (Å²) < 4.78 is 0. The van der Waals surface area contributed by atoms with Crippen LogP contribution in [0.4, 0.5) is 0 Å². The maximum atomic E-state index is 14.5. The molecule has 2 fully saturated rings. The van der Waals surface area contributed by atoms with E-state index in [2.05, 4.69) is 41.7 Å². The zero-order valence-corrected chi connectivity index (χ0v) is 37.6. The Balaban J connectivity index is 1.18. The van der Waals surface area contributed by atoms with E-state index < -0.39 is 65.2 Å². The molecular formula is C46H66N10O6. The first-order valence-corrected chi connectivity index (χ1v) is 22.3. The molecule has 1 saturated carbocycles. The minimum absolute atomic E-state index is 0.0922. The first-order valence-electron chi connectivity index (χ1n) is 22.3. The maximum Gasteiger partial charge on any atom is 0.290 e. The van der Waals surface area contributed by atoms with Crippen LogP contribution in [-0.2, 0) is 40.7 Å². The van der Waals surface area contributed by atoms with Gasteiger partial charge in [-0.15, -0.1) is 10.2 Å². The zero-order chi connectivity index (χ0) is 45.1. The Morgan fingerprint density at radius 3 is 2.19 bits per heavy atom. The van der Waals surface area contributed by atoms with Crippen molar-refractivity contribution in [2.24, 2.45) is 23.7 Å². The number of pyridine rings is 1. The summed E-state index contributed by atoms with van der Waals surface area (Å²) in [4.78, 5) is 89.7. The molecule has 1 saturated heterocycles. The lowest BCUT2D eigenvalue weighted by atomic mass is 9.92. The SMILES string of the molecule is CCCC(NC(=O)[C@@H]1[C@H]2CCC[C@H]2CN1C(=O)[C@@H](NC(=O)[C@@H](NC(=O)CCCCc1nnn(C(C)(C)c2ccccc2)n1)C(C)C)C(C)C)C(=O)C(=O)N[C@@H](C)c1ccncc1. The van der Waals surface area contributed by atoms with Gasteiger partial charge in [0.15, 0.2) is 5.82 Å². The second kappa shape index (κ2) is 21.5. The Labute approximate surface area is 365 Å². The first kappa shape index (κ1) is 47.5. The lowest BCUT2D eigenvalue weighted by Gasteiger charge is -2.34. The highest BCUT2D eigenvalue weighted by Gasteiger charge is 2.51. The summed E-state index contributed by atoms with van der Waals surface area (Å²) >= 11 is 0. The van der Waals surface area contributed by atoms with Crippen molar-refractivity contribution in [3.8, 4) is 0 Å². The highest BCUT2D eigenvalue weighted by molar-refractivity contribution is 6.38. The molecule has 3 aromatic rings. The average molecular weight is 855 g/mol. The Morgan fingerprint density at radius 2 is 1.53 bits per heavy atom. The lowest BCUT2D eigenvalue weighted by molar-refractivity contribution is -0.145. The summed E-state index contributed by atoms with van der Waals surface area (Å²) in [5.74, 6) is -3.26. The summed E-state index contributed by atoms with van der Waals surface area (Å²) in [5, 5.41) is 24.5. The van der Waals surface area contributed by atoms with Gasteiger partial charge in [-0.1, -0.05) is 77.8 Å². The highest BCUT2D eigenvalue weighted by Crippen LogP contribution is 2.43. The highest BCUT2D eigenvalue weighted by atomic mass is 16.2. The third-order valence-electron chi connectivity index (χ3n) is 12.4. The number of Topliss-reactive ketones (excluding diaryl/α,β-unsaturated/α-hetero) is 1. The molecule has 16 nitrogen and oxygen atoms in total. The summed E-state index contributed by atoms with van der Waals surface area (Å²) in [6.45, 7) is 15.4. The number of hydrogen-bond acceptors (Lipinski definition) is 10. The predicted octanol–water partition coefficient (Wildman–Crippen LogP) is 4.20. The number of unbranched alkanes of at least 4 members (excludes halogenated alkanes) is 1. The molecule has 62 heavy (non-hydrogen) atoms. The van der Waals surface area contributed by atoms with E-state index in [-0.39, 0.29) is 42.4 Å². The number of carbonyl (C=O) groups is 6.